The van der Waals surface area contributed by atoms with Crippen LogP contribution in [0.1, 0.15) is 91.9 Å². The van der Waals surface area contributed by atoms with E-state index in [9.17, 15) is 5.11 Å². The van der Waals surface area contributed by atoms with Gasteiger partial charge in [-0.3, -0.25) is 0 Å². The summed E-state index contributed by atoms with van der Waals surface area (Å²) >= 11 is 0. The summed E-state index contributed by atoms with van der Waals surface area (Å²) in [6, 6.07) is 0. The van der Waals surface area contributed by atoms with Crippen molar-refractivity contribution >= 4 is 0 Å². The van der Waals surface area contributed by atoms with Crippen LogP contribution >= 0.6 is 0 Å². The number of hydrogen-bond acceptors (Lipinski definition) is 3. The van der Waals surface area contributed by atoms with Crippen molar-refractivity contribution in [2.45, 2.75) is 110 Å². The predicted molar refractivity (Wildman–Crippen MR) is 118 cm³/mol. The van der Waals surface area contributed by atoms with Gasteiger partial charge in [-0.05, 0) is 85.4 Å². The van der Waals surface area contributed by atoms with E-state index in [-0.39, 0.29) is 12.0 Å². The molecule has 30 heavy (non-hydrogen) atoms. The molecule has 0 amide bonds. The van der Waals surface area contributed by atoms with Gasteiger partial charge in [0.1, 0.15) is 0 Å². The monoisotopic (exact) mass is 416 g/mol. The van der Waals surface area contributed by atoms with Crippen LogP contribution in [0.25, 0.3) is 0 Å². The Hall–Kier alpha value is -0.120. The molecule has 12 atom stereocenters. The molecule has 0 aromatic carbocycles. The lowest BCUT2D eigenvalue weighted by molar-refractivity contribution is -0.290. The van der Waals surface area contributed by atoms with E-state index in [4.69, 9.17) is 9.47 Å². The molecule has 1 N–H and O–H groups in total. The van der Waals surface area contributed by atoms with Crippen LogP contribution in [0.3, 0.4) is 0 Å². The van der Waals surface area contributed by atoms with E-state index in [1.165, 1.54) is 57.8 Å². The normalized spacial score (nSPS) is 62.5. The summed E-state index contributed by atoms with van der Waals surface area (Å²) in [7, 11) is 0. The molecule has 6 fully saturated rings. The molecule has 6 aliphatic rings. The van der Waals surface area contributed by atoms with E-state index in [2.05, 4.69) is 27.7 Å². The number of aliphatic hydroxyl groups excluding tert-OH is 1. The van der Waals surface area contributed by atoms with Crippen LogP contribution in [-0.4, -0.2) is 29.7 Å². The van der Waals surface area contributed by atoms with Crippen molar-refractivity contribution in [3.05, 3.63) is 0 Å². The third-order valence-electron chi connectivity index (χ3n) is 12.0. The molecule has 2 heterocycles. The molecule has 0 aromatic heterocycles. The van der Waals surface area contributed by atoms with Gasteiger partial charge in [-0.1, -0.05) is 40.5 Å². The fourth-order valence-electron chi connectivity index (χ4n) is 10.3. The molecule has 0 bridgehead atoms. The SMILES string of the molecule is CC1COC2(CC1O)OC1CC3C4CCC5CCCCC5(C)C4CCC3(C)C1C2C. The quantitative estimate of drug-likeness (QED) is 0.543. The van der Waals surface area contributed by atoms with E-state index < -0.39 is 5.79 Å². The fraction of sp³-hybridized carbons (Fsp3) is 1.00. The minimum absolute atomic E-state index is 0.220. The molecule has 4 aliphatic carbocycles. The van der Waals surface area contributed by atoms with Gasteiger partial charge in [0.05, 0.1) is 18.8 Å². The standard InChI is InChI=1S/C27H44O3/c1-16-15-29-27(14-22(16)28)17(2)24-23(30-27)13-21-19-9-8-18-7-5-6-11-25(18,3)20(19)10-12-26(21,24)4/h16-24,28H,5-15H2,1-4H3. The third-order valence-corrected chi connectivity index (χ3v) is 12.0. The maximum atomic E-state index is 10.6. The molecule has 3 nitrogen and oxygen atoms in total. The summed E-state index contributed by atoms with van der Waals surface area (Å²) in [5, 5.41) is 10.6. The first-order valence-corrected chi connectivity index (χ1v) is 13.3. The van der Waals surface area contributed by atoms with Crippen LogP contribution in [0.4, 0.5) is 0 Å². The molecule has 0 radical (unpaired) electrons. The molecule has 3 heteroatoms. The summed E-state index contributed by atoms with van der Waals surface area (Å²) in [6.45, 7) is 10.4. The van der Waals surface area contributed by atoms with Crippen LogP contribution in [0, 0.1) is 52.3 Å². The number of rotatable bonds is 0. The van der Waals surface area contributed by atoms with Crippen molar-refractivity contribution in [3.8, 4) is 0 Å². The van der Waals surface area contributed by atoms with Crippen LogP contribution in [-0.2, 0) is 9.47 Å². The molecule has 12 unspecified atom stereocenters. The molecule has 0 aromatic rings. The van der Waals surface area contributed by atoms with Gasteiger partial charge >= 0.3 is 0 Å². The van der Waals surface area contributed by atoms with Crippen LogP contribution < -0.4 is 0 Å². The highest BCUT2D eigenvalue weighted by molar-refractivity contribution is 5.15. The predicted octanol–water partition coefficient (Wildman–Crippen LogP) is 5.79. The van der Waals surface area contributed by atoms with Crippen molar-refractivity contribution in [2.24, 2.45) is 52.3 Å². The van der Waals surface area contributed by atoms with Gasteiger partial charge < -0.3 is 14.6 Å². The zero-order valence-electron chi connectivity index (χ0n) is 19.7. The Balaban J connectivity index is 1.27. The molecule has 4 saturated carbocycles. The van der Waals surface area contributed by atoms with Gasteiger partial charge in [-0.25, -0.2) is 0 Å². The molecule has 2 saturated heterocycles. The first-order valence-electron chi connectivity index (χ1n) is 13.3. The fourth-order valence-corrected chi connectivity index (χ4v) is 10.3. The van der Waals surface area contributed by atoms with Crippen molar-refractivity contribution in [1.82, 2.24) is 0 Å². The average Bonchev–Trinajstić information content (AvgIpc) is 3.15. The van der Waals surface area contributed by atoms with Crippen molar-refractivity contribution in [2.75, 3.05) is 6.61 Å². The molecular weight excluding hydrogens is 372 g/mol. The third kappa shape index (κ3) is 2.55. The van der Waals surface area contributed by atoms with Crippen LogP contribution in [0.5, 0.6) is 0 Å². The molecule has 2 aliphatic heterocycles. The first-order chi connectivity index (χ1) is 14.3. The Labute approximate surface area is 183 Å². The number of hydrogen-bond donors (Lipinski definition) is 1. The van der Waals surface area contributed by atoms with Crippen molar-refractivity contribution in [3.63, 3.8) is 0 Å². The molecular formula is C27H44O3. The highest BCUT2D eigenvalue weighted by Gasteiger charge is 2.69. The first kappa shape index (κ1) is 20.5. The van der Waals surface area contributed by atoms with Crippen LogP contribution in [0.15, 0.2) is 0 Å². The second-order valence-electron chi connectivity index (χ2n) is 13.0. The average molecular weight is 417 g/mol. The number of aliphatic hydroxyl groups is 1. The maximum Gasteiger partial charge on any atom is 0.174 e. The highest BCUT2D eigenvalue weighted by atomic mass is 16.7. The van der Waals surface area contributed by atoms with Crippen molar-refractivity contribution < 1.29 is 14.6 Å². The van der Waals surface area contributed by atoms with E-state index >= 15 is 0 Å². The number of ether oxygens (including phenoxy) is 2. The smallest absolute Gasteiger partial charge is 0.174 e. The number of fused-ring (bicyclic) bond motifs is 7. The second-order valence-corrected chi connectivity index (χ2v) is 13.0. The van der Waals surface area contributed by atoms with Gasteiger partial charge in [0.15, 0.2) is 5.79 Å². The van der Waals surface area contributed by atoms with E-state index in [0.29, 0.717) is 41.8 Å². The summed E-state index contributed by atoms with van der Waals surface area (Å²) in [4.78, 5) is 0. The van der Waals surface area contributed by atoms with Gasteiger partial charge in [0.2, 0.25) is 0 Å². The highest BCUT2D eigenvalue weighted by Crippen LogP contribution is 2.71. The Morgan fingerprint density at radius 1 is 0.900 bits per heavy atom. The van der Waals surface area contributed by atoms with E-state index in [0.717, 1.165) is 23.7 Å². The Bertz CT molecular complexity index is 694. The van der Waals surface area contributed by atoms with Crippen LogP contribution in [0.2, 0.25) is 0 Å². The Kier molecular flexibility index (Phi) is 4.58. The zero-order chi connectivity index (χ0) is 20.9. The zero-order valence-corrected chi connectivity index (χ0v) is 19.7. The lowest BCUT2D eigenvalue weighted by Crippen LogP contribution is -2.55. The Morgan fingerprint density at radius 2 is 1.73 bits per heavy atom. The molecule has 170 valence electrons. The van der Waals surface area contributed by atoms with Gasteiger partial charge in [0, 0.05) is 18.3 Å². The summed E-state index contributed by atoms with van der Waals surface area (Å²) < 4.78 is 13.2. The minimum Gasteiger partial charge on any atom is -0.393 e. The Morgan fingerprint density at radius 3 is 2.53 bits per heavy atom. The minimum atomic E-state index is -0.529. The summed E-state index contributed by atoms with van der Waals surface area (Å²) in [5.74, 6) is 4.37. The lowest BCUT2D eigenvalue weighted by atomic mass is 9.44. The van der Waals surface area contributed by atoms with Gasteiger partial charge in [-0.2, -0.15) is 0 Å². The summed E-state index contributed by atoms with van der Waals surface area (Å²) in [5.41, 5.74) is 1.00. The summed E-state index contributed by atoms with van der Waals surface area (Å²) in [6.07, 6.45) is 13.6. The molecule has 1 spiro atoms. The topological polar surface area (TPSA) is 38.7 Å². The van der Waals surface area contributed by atoms with E-state index in [1.54, 1.807) is 0 Å². The maximum absolute atomic E-state index is 10.6. The second kappa shape index (κ2) is 6.70. The largest absolute Gasteiger partial charge is 0.393 e. The van der Waals surface area contributed by atoms with Crippen molar-refractivity contribution in [1.29, 1.82) is 0 Å². The lowest BCUT2D eigenvalue weighted by Gasteiger charge is -2.61. The van der Waals surface area contributed by atoms with Gasteiger partial charge in [0.25, 0.3) is 0 Å². The van der Waals surface area contributed by atoms with Gasteiger partial charge in [-0.15, -0.1) is 0 Å². The van der Waals surface area contributed by atoms with E-state index in [1.807, 2.05) is 0 Å². The molecule has 6 rings (SSSR count).